The fraction of sp³-hybridized carbons (Fsp3) is 0.452. The van der Waals surface area contributed by atoms with Crippen LogP contribution < -0.4 is 10.6 Å². The second-order valence-corrected chi connectivity index (χ2v) is 15.6. The summed E-state index contributed by atoms with van der Waals surface area (Å²) in [6, 6.07) is 15.4. The number of nitrogens with one attached hydrogen (secondary N) is 4. The summed E-state index contributed by atoms with van der Waals surface area (Å²) in [5.74, 6) is 1.61. The maximum absolute atomic E-state index is 13.5. The Morgan fingerprint density at radius 1 is 0.737 bits per heavy atom. The molecule has 2 fully saturated rings. The van der Waals surface area contributed by atoms with Gasteiger partial charge in [-0.3, -0.25) is 14.7 Å². The van der Waals surface area contributed by atoms with Gasteiger partial charge in [0.05, 0.1) is 55.1 Å². The van der Waals surface area contributed by atoms with Crippen LogP contribution in [0.15, 0.2) is 60.9 Å². The first-order valence-corrected chi connectivity index (χ1v) is 19.7. The summed E-state index contributed by atoms with van der Waals surface area (Å²) in [6.45, 7) is 10.2. The SMILES string of the molecule is COC(=O)NC(CN1CCCC1c1nc2nc(-c3ccc(-c4ccc(-c5cnc(C6CCCN6C(=O)C(NC(=O)OC)C(C)C)[nH]5)cc4)cn3)ccc2[nH]1)C(C)C. The number of amides is 3. The number of carbonyl (C=O) groups excluding carboxylic acids is 3. The predicted molar refractivity (Wildman–Crippen MR) is 216 cm³/mol. The first-order valence-electron chi connectivity index (χ1n) is 19.7. The number of hydrogen-bond donors (Lipinski definition) is 4. The highest BCUT2D eigenvalue weighted by molar-refractivity contribution is 5.86. The van der Waals surface area contributed by atoms with Crippen LogP contribution in [0.4, 0.5) is 9.59 Å². The van der Waals surface area contributed by atoms with Gasteiger partial charge in [-0.1, -0.05) is 58.0 Å². The number of benzene rings is 1. The first-order chi connectivity index (χ1) is 27.5. The van der Waals surface area contributed by atoms with E-state index in [1.807, 2.05) is 61.3 Å². The van der Waals surface area contributed by atoms with Gasteiger partial charge < -0.3 is 35.0 Å². The van der Waals surface area contributed by atoms with Crippen LogP contribution in [0.2, 0.25) is 0 Å². The van der Waals surface area contributed by atoms with Crippen molar-refractivity contribution >= 4 is 29.3 Å². The normalized spacial score (nSPS) is 18.3. The van der Waals surface area contributed by atoms with E-state index in [0.717, 1.165) is 83.2 Å². The Labute approximate surface area is 332 Å². The number of methoxy groups -OCH3 is 2. The minimum absolute atomic E-state index is 0.0414. The summed E-state index contributed by atoms with van der Waals surface area (Å²) >= 11 is 0. The van der Waals surface area contributed by atoms with Gasteiger partial charge in [0.25, 0.3) is 0 Å². The van der Waals surface area contributed by atoms with E-state index in [2.05, 4.69) is 56.5 Å². The number of alkyl carbamates (subject to hydrolysis) is 2. The fourth-order valence-electron chi connectivity index (χ4n) is 7.86. The topological polar surface area (TPSA) is 183 Å². The van der Waals surface area contributed by atoms with Crippen LogP contribution in [0, 0.1) is 11.8 Å². The van der Waals surface area contributed by atoms with Crippen LogP contribution in [-0.2, 0) is 14.3 Å². The fourth-order valence-corrected chi connectivity index (χ4v) is 7.86. The van der Waals surface area contributed by atoms with Gasteiger partial charge in [-0.05, 0) is 73.4 Å². The molecule has 57 heavy (non-hydrogen) atoms. The molecule has 4 aromatic heterocycles. The molecule has 0 radical (unpaired) electrons. The van der Waals surface area contributed by atoms with E-state index < -0.39 is 18.2 Å². The number of rotatable bonds is 12. The van der Waals surface area contributed by atoms with E-state index in [1.54, 1.807) is 6.20 Å². The lowest BCUT2D eigenvalue weighted by atomic mass is 10.0. The average molecular weight is 777 g/mol. The van der Waals surface area contributed by atoms with Gasteiger partial charge in [-0.2, -0.15) is 0 Å². The van der Waals surface area contributed by atoms with Gasteiger partial charge in [0.15, 0.2) is 5.65 Å². The van der Waals surface area contributed by atoms with Gasteiger partial charge >= 0.3 is 12.2 Å². The van der Waals surface area contributed by atoms with Crippen molar-refractivity contribution in [3.63, 3.8) is 0 Å². The molecule has 4 N–H and O–H groups in total. The number of ether oxygens (including phenoxy) is 2. The molecule has 6 heterocycles. The monoisotopic (exact) mass is 776 g/mol. The van der Waals surface area contributed by atoms with Gasteiger partial charge in [0.1, 0.15) is 17.7 Å². The molecular formula is C42H52N10O5. The summed E-state index contributed by atoms with van der Waals surface area (Å²) in [4.78, 5) is 67.8. The highest BCUT2D eigenvalue weighted by Gasteiger charge is 2.37. The largest absolute Gasteiger partial charge is 0.453 e. The van der Waals surface area contributed by atoms with E-state index in [1.165, 1.54) is 14.2 Å². The van der Waals surface area contributed by atoms with Crippen LogP contribution in [-0.4, -0.2) is 104 Å². The molecule has 5 aromatic rings. The standard InChI is InChI=1S/C42H52N10O5/c1-24(2)33(48-41(54)56-5)23-51-19-7-9-34(51)39-46-31-18-17-30(45-37(31)50-39)29-16-15-28(21-43-29)26-11-13-27(14-12-26)32-22-44-38(47-32)35-10-8-20-52(35)40(53)36(25(3)4)49-42(55)57-6/h11-18,21-22,24-25,33-36H,7-10,19-20,23H2,1-6H3,(H,44,47)(H,48,54)(H,49,55)(H,45,46,50). The zero-order valence-electron chi connectivity index (χ0n) is 33.4. The molecule has 15 heteroatoms. The maximum Gasteiger partial charge on any atom is 0.407 e. The zero-order chi connectivity index (χ0) is 40.2. The predicted octanol–water partition coefficient (Wildman–Crippen LogP) is 6.64. The average Bonchev–Trinajstić information content (AvgIpc) is 4.06. The molecule has 4 atom stereocenters. The highest BCUT2D eigenvalue weighted by atomic mass is 16.5. The molecule has 2 saturated heterocycles. The molecule has 3 amide bonds. The third-order valence-electron chi connectivity index (χ3n) is 11.2. The van der Waals surface area contributed by atoms with E-state index in [0.29, 0.717) is 18.7 Å². The maximum atomic E-state index is 13.5. The molecule has 2 aliphatic heterocycles. The molecule has 0 saturated carbocycles. The number of aromatic amines is 2. The Hall–Kier alpha value is -5.83. The third-order valence-corrected chi connectivity index (χ3v) is 11.2. The van der Waals surface area contributed by atoms with Gasteiger partial charge in [-0.15, -0.1) is 0 Å². The van der Waals surface area contributed by atoms with E-state index in [9.17, 15) is 14.4 Å². The summed E-state index contributed by atoms with van der Waals surface area (Å²) in [5, 5.41) is 5.68. The smallest absolute Gasteiger partial charge is 0.407 e. The van der Waals surface area contributed by atoms with Gasteiger partial charge in [0, 0.05) is 30.9 Å². The minimum Gasteiger partial charge on any atom is -0.453 e. The Morgan fingerprint density at radius 2 is 1.42 bits per heavy atom. The second-order valence-electron chi connectivity index (χ2n) is 15.6. The third kappa shape index (κ3) is 8.63. The number of aromatic nitrogens is 6. The Bertz CT molecular complexity index is 2180. The van der Waals surface area contributed by atoms with Crippen LogP contribution in [0.1, 0.15) is 77.1 Å². The molecule has 0 bridgehead atoms. The lowest BCUT2D eigenvalue weighted by molar-refractivity contribution is -0.135. The van der Waals surface area contributed by atoms with Crippen LogP contribution >= 0.6 is 0 Å². The molecule has 300 valence electrons. The van der Waals surface area contributed by atoms with E-state index in [4.69, 9.17) is 24.4 Å². The summed E-state index contributed by atoms with van der Waals surface area (Å²) in [6.07, 6.45) is 6.28. The van der Waals surface area contributed by atoms with Crippen molar-refractivity contribution in [3.05, 3.63) is 72.6 Å². The Morgan fingerprint density at radius 3 is 2.12 bits per heavy atom. The lowest BCUT2D eigenvalue weighted by Gasteiger charge is -2.30. The molecule has 0 aliphatic carbocycles. The molecule has 0 spiro atoms. The number of H-pyrrole nitrogens is 2. The van der Waals surface area contributed by atoms with Crippen molar-refractivity contribution in [2.45, 2.75) is 77.5 Å². The number of pyridine rings is 2. The number of nitrogens with zero attached hydrogens (tertiary/aromatic N) is 6. The summed E-state index contributed by atoms with van der Waals surface area (Å²) < 4.78 is 9.62. The molecule has 15 nitrogen and oxygen atoms in total. The Kier molecular flexibility index (Phi) is 11.8. The quantitative estimate of drug-likeness (QED) is 0.107. The highest BCUT2D eigenvalue weighted by Crippen LogP contribution is 2.34. The van der Waals surface area contributed by atoms with Crippen molar-refractivity contribution in [1.82, 2.24) is 50.3 Å². The van der Waals surface area contributed by atoms with Crippen molar-refractivity contribution < 1.29 is 23.9 Å². The number of carbonyl (C=O) groups is 3. The van der Waals surface area contributed by atoms with Crippen LogP contribution in [0.3, 0.4) is 0 Å². The Balaban J connectivity index is 1.01. The minimum atomic E-state index is -0.685. The molecule has 1 aromatic carbocycles. The molecule has 4 unspecified atom stereocenters. The number of imidazole rings is 2. The van der Waals surface area contributed by atoms with Gasteiger partial charge in [0.2, 0.25) is 5.91 Å². The molecule has 2 aliphatic rings. The van der Waals surface area contributed by atoms with Crippen molar-refractivity contribution in [1.29, 1.82) is 0 Å². The van der Waals surface area contributed by atoms with Crippen LogP contribution in [0.25, 0.3) is 44.9 Å². The zero-order valence-corrected chi connectivity index (χ0v) is 33.4. The van der Waals surface area contributed by atoms with Crippen molar-refractivity contribution in [3.8, 4) is 33.8 Å². The van der Waals surface area contributed by atoms with E-state index in [-0.39, 0.29) is 35.9 Å². The second kappa shape index (κ2) is 17.1. The van der Waals surface area contributed by atoms with Crippen molar-refractivity contribution in [2.75, 3.05) is 33.9 Å². The molecule has 7 rings (SSSR count). The lowest BCUT2D eigenvalue weighted by Crippen LogP contribution is -2.51. The van der Waals surface area contributed by atoms with Crippen LogP contribution in [0.5, 0.6) is 0 Å². The van der Waals surface area contributed by atoms with Crippen molar-refractivity contribution in [2.24, 2.45) is 11.8 Å². The van der Waals surface area contributed by atoms with Gasteiger partial charge in [-0.25, -0.2) is 24.5 Å². The molecular weight excluding hydrogens is 725 g/mol. The summed E-state index contributed by atoms with van der Waals surface area (Å²) in [5.41, 5.74) is 6.83. The number of fused-ring (bicyclic) bond motifs is 1. The number of likely N-dealkylation sites (tertiary alicyclic amines) is 2. The number of hydrogen-bond acceptors (Lipinski definition) is 10. The van der Waals surface area contributed by atoms with E-state index >= 15 is 0 Å². The first kappa shape index (κ1) is 39.4. The summed E-state index contributed by atoms with van der Waals surface area (Å²) in [7, 11) is 2.68.